The fourth-order valence-corrected chi connectivity index (χ4v) is 2.52. The number of para-hydroxylation sites is 1. The van der Waals surface area contributed by atoms with Crippen molar-refractivity contribution in [3.63, 3.8) is 0 Å². The summed E-state index contributed by atoms with van der Waals surface area (Å²) in [5.74, 6) is 0.584. The van der Waals surface area contributed by atoms with Crippen LogP contribution in [0.25, 0.3) is 0 Å². The minimum atomic E-state index is 0.571. The standard InChI is InChI=1S/C18H31N/c1-5-6-7-8-9-12-16(4)19-18-14-11-10-13-17(18)15(2)3/h10-11,13-16,19H,5-9,12H2,1-4H3. The number of anilines is 1. The third-order valence-corrected chi connectivity index (χ3v) is 3.73. The predicted molar refractivity (Wildman–Crippen MR) is 87.0 cm³/mol. The fraction of sp³-hybridized carbons (Fsp3) is 0.667. The molecule has 1 atom stereocenters. The van der Waals surface area contributed by atoms with Gasteiger partial charge in [-0.15, -0.1) is 0 Å². The molecule has 19 heavy (non-hydrogen) atoms. The van der Waals surface area contributed by atoms with Gasteiger partial charge in [0.05, 0.1) is 0 Å². The molecule has 0 saturated heterocycles. The average molecular weight is 261 g/mol. The quantitative estimate of drug-likeness (QED) is 0.540. The Bertz CT molecular complexity index is 343. The highest BCUT2D eigenvalue weighted by molar-refractivity contribution is 5.53. The highest BCUT2D eigenvalue weighted by atomic mass is 14.9. The van der Waals surface area contributed by atoms with Crippen LogP contribution in [0.2, 0.25) is 0 Å². The van der Waals surface area contributed by atoms with Crippen LogP contribution in [0, 0.1) is 0 Å². The zero-order valence-electron chi connectivity index (χ0n) is 13.2. The van der Waals surface area contributed by atoms with Crippen molar-refractivity contribution >= 4 is 5.69 Å². The van der Waals surface area contributed by atoms with Gasteiger partial charge in [-0.25, -0.2) is 0 Å². The van der Waals surface area contributed by atoms with Gasteiger partial charge in [0.2, 0.25) is 0 Å². The molecule has 0 spiro atoms. The van der Waals surface area contributed by atoms with Gasteiger partial charge in [0.15, 0.2) is 0 Å². The molecule has 1 rings (SSSR count). The van der Waals surface area contributed by atoms with E-state index in [1.807, 2.05) is 0 Å². The fourth-order valence-electron chi connectivity index (χ4n) is 2.52. The second-order valence-electron chi connectivity index (χ2n) is 5.99. The van der Waals surface area contributed by atoms with E-state index in [9.17, 15) is 0 Å². The molecule has 0 heterocycles. The lowest BCUT2D eigenvalue weighted by atomic mass is 10.00. The lowest BCUT2D eigenvalue weighted by molar-refractivity contribution is 0.578. The summed E-state index contributed by atoms with van der Waals surface area (Å²) in [6.07, 6.45) is 8.11. The molecule has 1 nitrogen and oxygen atoms in total. The highest BCUT2D eigenvalue weighted by Crippen LogP contribution is 2.24. The molecule has 1 aromatic carbocycles. The lowest BCUT2D eigenvalue weighted by Gasteiger charge is -2.19. The molecule has 0 aromatic heterocycles. The molecule has 0 amide bonds. The third kappa shape index (κ3) is 6.13. The van der Waals surface area contributed by atoms with Crippen molar-refractivity contribution in [3.8, 4) is 0 Å². The summed E-state index contributed by atoms with van der Waals surface area (Å²) in [6, 6.07) is 9.28. The zero-order valence-corrected chi connectivity index (χ0v) is 13.2. The average Bonchev–Trinajstić information content (AvgIpc) is 2.39. The number of unbranched alkanes of at least 4 members (excludes halogenated alkanes) is 4. The van der Waals surface area contributed by atoms with Gasteiger partial charge in [-0.2, -0.15) is 0 Å². The summed E-state index contributed by atoms with van der Waals surface area (Å²) in [6.45, 7) is 9.09. The van der Waals surface area contributed by atoms with Crippen LogP contribution >= 0.6 is 0 Å². The summed E-state index contributed by atoms with van der Waals surface area (Å²) in [7, 11) is 0. The van der Waals surface area contributed by atoms with Crippen molar-refractivity contribution < 1.29 is 0 Å². The van der Waals surface area contributed by atoms with Crippen molar-refractivity contribution in [3.05, 3.63) is 29.8 Å². The summed E-state index contributed by atoms with van der Waals surface area (Å²) in [4.78, 5) is 0. The number of benzene rings is 1. The number of nitrogens with one attached hydrogen (secondary N) is 1. The molecule has 1 N–H and O–H groups in total. The molecule has 0 aliphatic rings. The van der Waals surface area contributed by atoms with E-state index < -0.39 is 0 Å². The number of hydrogen-bond donors (Lipinski definition) is 1. The molecule has 1 aromatic rings. The van der Waals surface area contributed by atoms with E-state index in [0.717, 1.165) is 0 Å². The molecule has 0 aliphatic carbocycles. The van der Waals surface area contributed by atoms with Gasteiger partial charge >= 0.3 is 0 Å². The van der Waals surface area contributed by atoms with Crippen molar-refractivity contribution in [2.75, 3.05) is 5.32 Å². The molecule has 1 heteroatoms. The van der Waals surface area contributed by atoms with Gasteiger partial charge in [-0.3, -0.25) is 0 Å². The van der Waals surface area contributed by atoms with E-state index in [1.165, 1.54) is 49.8 Å². The third-order valence-electron chi connectivity index (χ3n) is 3.73. The minimum Gasteiger partial charge on any atom is -0.382 e. The second-order valence-corrected chi connectivity index (χ2v) is 5.99. The molecular formula is C18H31N. The highest BCUT2D eigenvalue weighted by Gasteiger charge is 2.08. The Hall–Kier alpha value is -0.980. The van der Waals surface area contributed by atoms with E-state index in [4.69, 9.17) is 0 Å². The molecule has 0 saturated carbocycles. The summed E-state index contributed by atoms with van der Waals surface area (Å²) < 4.78 is 0. The summed E-state index contributed by atoms with van der Waals surface area (Å²) in [5, 5.41) is 3.68. The largest absolute Gasteiger partial charge is 0.382 e. The van der Waals surface area contributed by atoms with Crippen LogP contribution in [0.15, 0.2) is 24.3 Å². The van der Waals surface area contributed by atoms with Crippen LogP contribution in [-0.4, -0.2) is 6.04 Å². The first-order valence-electron chi connectivity index (χ1n) is 8.00. The smallest absolute Gasteiger partial charge is 0.0377 e. The monoisotopic (exact) mass is 261 g/mol. The zero-order chi connectivity index (χ0) is 14.1. The van der Waals surface area contributed by atoms with E-state index in [1.54, 1.807) is 0 Å². The first-order valence-corrected chi connectivity index (χ1v) is 8.00. The van der Waals surface area contributed by atoms with Gasteiger partial charge in [-0.05, 0) is 30.9 Å². The first kappa shape index (κ1) is 16.1. The van der Waals surface area contributed by atoms with Crippen molar-refractivity contribution in [1.29, 1.82) is 0 Å². The topological polar surface area (TPSA) is 12.0 Å². The Kier molecular flexibility index (Phi) is 7.62. The van der Waals surface area contributed by atoms with E-state index in [0.29, 0.717) is 12.0 Å². The normalized spacial score (nSPS) is 12.7. The maximum atomic E-state index is 3.68. The first-order chi connectivity index (χ1) is 9.15. The molecule has 0 aliphatic heterocycles. The Balaban J connectivity index is 2.37. The van der Waals surface area contributed by atoms with Crippen molar-refractivity contribution in [2.45, 2.75) is 78.2 Å². The summed E-state index contributed by atoms with van der Waals surface area (Å²) >= 11 is 0. The molecule has 0 fully saturated rings. The molecular weight excluding hydrogens is 230 g/mol. The Labute approximate surface area is 119 Å². The van der Waals surface area contributed by atoms with Crippen LogP contribution in [0.4, 0.5) is 5.69 Å². The van der Waals surface area contributed by atoms with Gasteiger partial charge in [0, 0.05) is 11.7 Å². The van der Waals surface area contributed by atoms with Crippen LogP contribution in [0.3, 0.4) is 0 Å². The Morgan fingerprint density at radius 2 is 1.63 bits per heavy atom. The van der Waals surface area contributed by atoms with Crippen LogP contribution in [0.1, 0.15) is 77.7 Å². The number of hydrogen-bond acceptors (Lipinski definition) is 1. The van der Waals surface area contributed by atoms with Crippen molar-refractivity contribution in [1.82, 2.24) is 0 Å². The van der Waals surface area contributed by atoms with E-state index in [-0.39, 0.29) is 0 Å². The number of rotatable bonds is 9. The van der Waals surface area contributed by atoms with Gasteiger partial charge < -0.3 is 5.32 Å². The van der Waals surface area contributed by atoms with Crippen LogP contribution in [0.5, 0.6) is 0 Å². The predicted octanol–water partition coefficient (Wildman–Crippen LogP) is 5.97. The van der Waals surface area contributed by atoms with E-state index >= 15 is 0 Å². The second kappa shape index (κ2) is 9.01. The van der Waals surface area contributed by atoms with Crippen molar-refractivity contribution in [2.24, 2.45) is 0 Å². The maximum absolute atomic E-state index is 3.68. The minimum absolute atomic E-state index is 0.571. The van der Waals surface area contributed by atoms with Gasteiger partial charge in [-0.1, -0.05) is 71.1 Å². The molecule has 108 valence electrons. The maximum Gasteiger partial charge on any atom is 0.0377 e. The van der Waals surface area contributed by atoms with Crippen LogP contribution < -0.4 is 5.32 Å². The molecule has 1 unspecified atom stereocenters. The van der Waals surface area contributed by atoms with Gasteiger partial charge in [0.1, 0.15) is 0 Å². The van der Waals surface area contributed by atoms with E-state index in [2.05, 4.69) is 57.3 Å². The Morgan fingerprint density at radius 1 is 0.947 bits per heavy atom. The van der Waals surface area contributed by atoms with Crippen LogP contribution in [-0.2, 0) is 0 Å². The lowest BCUT2D eigenvalue weighted by Crippen LogP contribution is -2.16. The van der Waals surface area contributed by atoms with Gasteiger partial charge in [0.25, 0.3) is 0 Å². The molecule has 0 bridgehead atoms. The SMILES string of the molecule is CCCCCCCC(C)Nc1ccccc1C(C)C. The molecule has 0 radical (unpaired) electrons. The Morgan fingerprint density at radius 3 is 2.32 bits per heavy atom. The summed E-state index contributed by atoms with van der Waals surface area (Å²) in [5.41, 5.74) is 2.75.